The van der Waals surface area contributed by atoms with Gasteiger partial charge in [0.15, 0.2) is 0 Å². The van der Waals surface area contributed by atoms with Crippen LogP contribution in [-0.2, 0) is 28.8 Å². The molecule has 2 aliphatic rings. The number of carboxylic acid groups (broad SMARTS) is 1. The molecule has 0 bridgehead atoms. The molecule has 2 aliphatic heterocycles. The van der Waals surface area contributed by atoms with Crippen molar-refractivity contribution in [3.63, 3.8) is 0 Å². The van der Waals surface area contributed by atoms with Gasteiger partial charge in [0.05, 0.1) is 26.7 Å². The van der Waals surface area contributed by atoms with Crippen LogP contribution in [0.2, 0.25) is 0 Å². The maximum atomic E-state index is 13.5. The molecule has 3 rings (SSSR count). The Morgan fingerprint density at radius 2 is 1.79 bits per heavy atom. The number of nitrogens with zero attached hydrogens (tertiary/aromatic N) is 2. The Morgan fingerprint density at radius 1 is 1.13 bits per heavy atom. The molecule has 0 aromatic heterocycles. The summed E-state index contributed by atoms with van der Waals surface area (Å²) in [5, 5.41) is 15.6. The lowest BCUT2D eigenvalue weighted by molar-refractivity contribution is -0.176. The van der Waals surface area contributed by atoms with Gasteiger partial charge in [-0.25, -0.2) is 5.01 Å². The predicted octanol–water partition coefficient (Wildman–Crippen LogP) is -0.942. The number of aliphatic carboxylic acids is 1. The number of carboxylic acids is 1. The fourth-order valence-corrected chi connectivity index (χ4v) is 4.42. The molecular weight excluding hydrogens is 504 g/mol. The third-order valence-electron chi connectivity index (χ3n) is 6.22. The second kappa shape index (κ2) is 12.2. The molecule has 0 radical (unpaired) electrons. The molecule has 3 unspecified atom stereocenters. The van der Waals surface area contributed by atoms with Crippen molar-refractivity contribution in [1.29, 1.82) is 0 Å². The number of fused-ring (bicyclic) bond motifs is 1. The van der Waals surface area contributed by atoms with Gasteiger partial charge in [-0.05, 0) is 31.4 Å². The molecule has 14 nitrogen and oxygen atoms in total. The van der Waals surface area contributed by atoms with Crippen molar-refractivity contribution in [2.75, 3.05) is 20.8 Å². The monoisotopic (exact) mass is 532 g/mol. The van der Waals surface area contributed by atoms with E-state index in [1.807, 2.05) is 0 Å². The summed E-state index contributed by atoms with van der Waals surface area (Å²) >= 11 is 0. The molecule has 2 fully saturated rings. The van der Waals surface area contributed by atoms with Crippen molar-refractivity contribution >= 4 is 41.7 Å². The molecule has 1 aromatic carbocycles. The van der Waals surface area contributed by atoms with Gasteiger partial charge in [0.2, 0.25) is 11.8 Å². The predicted molar refractivity (Wildman–Crippen MR) is 127 cm³/mol. The Balaban J connectivity index is 1.84. The number of rotatable bonds is 10. The van der Waals surface area contributed by atoms with Crippen LogP contribution < -0.4 is 20.1 Å². The number of benzene rings is 1. The van der Waals surface area contributed by atoms with Gasteiger partial charge in [-0.15, -0.1) is 0 Å². The quantitative estimate of drug-likeness (QED) is 0.193. The first-order valence-corrected chi connectivity index (χ1v) is 11.8. The van der Waals surface area contributed by atoms with E-state index in [-0.39, 0.29) is 49.2 Å². The normalized spacial score (nSPS) is 19.9. The minimum absolute atomic E-state index is 0.0805. The van der Waals surface area contributed by atoms with E-state index in [2.05, 4.69) is 10.6 Å². The summed E-state index contributed by atoms with van der Waals surface area (Å²) < 4.78 is 10.3. The van der Waals surface area contributed by atoms with E-state index < -0.39 is 59.9 Å². The summed E-state index contributed by atoms with van der Waals surface area (Å²) in [6, 6.07) is 0.592. The highest BCUT2D eigenvalue weighted by molar-refractivity contribution is 6.44. The van der Waals surface area contributed by atoms with Crippen LogP contribution in [0.4, 0.5) is 0 Å². The average Bonchev–Trinajstić information content (AvgIpc) is 3.03. The molecule has 1 aromatic rings. The number of ketones is 1. The lowest BCUT2D eigenvalue weighted by atomic mass is 10.0. The third kappa shape index (κ3) is 5.90. The Bertz CT molecular complexity index is 1130. The summed E-state index contributed by atoms with van der Waals surface area (Å²) in [5.74, 6) is -5.42. The third-order valence-corrected chi connectivity index (χ3v) is 6.22. The van der Waals surface area contributed by atoms with Crippen molar-refractivity contribution in [3.05, 3.63) is 23.8 Å². The molecule has 0 saturated carbocycles. The molecule has 204 valence electrons. The fourth-order valence-electron chi connectivity index (χ4n) is 4.42. The molecule has 4 amide bonds. The lowest BCUT2D eigenvalue weighted by Gasteiger charge is -2.43. The van der Waals surface area contributed by atoms with Crippen LogP contribution in [0.25, 0.3) is 0 Å². The zero-order valence-electron chi connectivity index (χ0n) is 20.8. The summed E-state index contributed by atoms with van der Waals surface area (Å²) in [5.41, 5.74) is -0.151. The van der Waals surface area contributed by atoms with E-state index in [0.29, 0.717) is 6.42 Å². The zero-order valence-corrected chi connectivity index (χ0v) is 20.8. The van der Waals surface area contributed by atoms with Gasteiger partial charge >= 0.3 is 5.97 Å². The standard InChI is InChI=1S/C24H28N4O10/c1-37-16-6-3-7-17(38-2)20(16)21(33)23(35)26-14-8-9-18(30)27-10-4-5-15(28(27)24(14)36)22(34)25-13(12-29)11-19(31)32/h3,6-7,12-15H,4-5,8-11H2,1-2H3,(H,25,34)(H,26,35)(H,31,32). The number of hydrazine groups is 1. The van der Waals surface area contributed by atoms with Crippen LogP contribution in [0.15, 0.2) is 18.2 Å². The number of methoxy groups -OCH3 is 2. The molecule has 38 heavy (non-hydrogen) atoms. The summed E-state index contributed by atoms with van der Waals surface area (Å²) in [6.45, 7) is 0.137. The van der Waals surface area contributed by atoms with E-state index in [1.54, 1.807) is 6.07 Å². The molecular formula is C24H28N4O10. The highest BCUT2D eigenvalue weighted by Crippen LogP contribution is 2.29. The van der Waals surface area contributed by atoms with Crippen LogP contribution in [0, 0.1) is 0 Å². The number of hydrogen-bond donors (Lipinski definition) is 3. The average molecular weight is 533 g/mol. The molecule has 3 atom stereocenters. The van der Waals surface area contributed by atoms with Crippen molar-refractivity contribution in [3.8, 4) is 11.5 Å². The highest BCUT2D eigenvalue weighted by atomic mass is 16.5. The topological polar surface area (TPSA) is 189 Å². The SMILES string of the molecule is COc1cccc(OC)c1C(=O)C(=O)NC1CCC(=O)N2CCCC(C(=O)NC(C=O)CC(=O)O)N2C1=O. The van der Waals surface area contributed by atoms with Crippen molar-refractivity contribution < 1.29 is 48.1 Å². The highest BCUT2D eigenvalue weighted by Gasteiger charge is 2.45. The first-order chi connectivity index (χ1) is 18.1. The van der Waals surface area contributed by atoms with Gasteiger partial charge in [-0.1, -0.05) is 6.07 Å². The number of carbonyl (C=O) groups excluding carboxylic acids is 6. The van der Waals surface area contributed by atoms with Crippen molar-refractivity contribution in [2.45, 2.75) is 50.2 Å². The minimum Gasteiger partial charge on any atom is -0.496 e. The fraction of sp³-hybridized carbons (Fsp3) is 0.458. The van der Waals surface area contributed by atoms with Crippen LogP contribution in [-0.4, -0.2) is 95.7 Å². The molecule has 14 heteroatoms. The van der Waals surface area contributed by atoms with E-state index >= 15 is 0 Å². The van der Waals surface area contributed by atoms with E-state index in [4.69, 9.17) is 14.6 Å². The second-order valence-corrected chi connectivity index (χ2v) is 8.64. The number of hydrogen-bond acceptors (Lipinski definition) is 9. The van der Waals surface area contributed by atoms with Gasteiger partial charge in [-0.2, -0.15) is 0 Å². The number of nitrogens with one attached hydrogen (secondary N) is 2. The van der Waals surface area contributed by atoms with Crippen molar-refractivity contribution in [2.24, 2.45) is 0 Å². The van der Waals surface area contributed by atoms with Crippen LogP contribution >= 0.6 is 0 Å². The summed E-state index contributed by atoms with van der Waals surface area (Å²) in [4.78, 5) is 87.4. The number of amides is 4. The number of carbonyl (C=O) groups is 7. The van der Waals surface area contributed by atoms with Crippen LogP contribution in [0.5, 0.6) is 11.5 Å². The smallest absolute Gasteiger partial charge is 0.305 e. The maximum absolute atomic E-state index is 13.5. The molecule has 0 aliphatic carbocycles. The van der Waals surface area contributed by atoms with Gasteiger partial charge in [-0.3, -0.25) is 33.8 Å². The summed E-state index contributed by atoms with van der Waals surface area (Å²) in [6.07, 6.45) is -0.186. The van der Waals surface area contributed by atoms with Gasteiger partial charge in [0.25, 0.3) is 17.6 Å². The molecule has 2 heterocycles. The van der Waals surface area contributed by atoms with E-state index in [1.165, 1.54) is 26.4 Å². The van der Waals surface area contributed by atoms with Gasteiger partial charge < -0.3 is 30.0 Å². The second-order valence-electron chi connectivity index (χ2n) is 8.64. The first kappa shape index (κ1) is 28.1. The van der Waals surface area contributed by atoms with Crippen LogP contribution in [0.3, 0.4) is 0 Å². The molecule has 0 spiro atoms. The van der Waals surface area contributed by atoms with Crippen LogP contribution in [0.1, 0.15) is 42.5 Å². The number of Topliss-reactive ketones (excluding diaryl/α,β-unsaturated/α-hetero) is 1. The lowest BCUT2D eigenvalue weighted by Crippen LogP contribution is -2.64. The largest absolute Gasteiger partial charge is 0.496 e. The van der Waals surface area contributed by atoms with Gasteiger partial charge in [0, 0.05) is 13.0 Å². The Morgan fingerprint density at radius 3 is 2.37 bits per heavy atom. The van der Waals surface area contributed by atoms with Gasteiger partial charge in [0.1, 0.15) is 35.4 Å². The minimum atomic E-state index is -1.34. The number of ether oxygens (including phenoxy) is 2. The Hall–Kier alpha value is -4.49. The summed E-state index contributed by atoms with van der Waals surface area (Å²) in [7, 11) is 2.62. The molecule has 2 saturated heterocycles. The van der Waals surface area contributed by atoms with E-state index in [9.17, 15) is 33.6 Å². The Kier molecular flexibility index (Phi) is 8.99. The Labute approximate surface area is 217 Å². The zero-order chi connectivity index (χ0) is 28.0. The maximum Gasteiger partial charge on any atom is 0.305 e. The van der Waals surface area contributed by atoms with Crippen molar-refractivity contribution in [1.82, 2.24) is 20.7 Å². The first-order valence-electron chi connectivity index (χ1n) is 11.8. The van der Waals surface area contributed by atoms with E-state index in [0.717, 1.165) is 10.0 Å². The molecule has 3 N–H and O–H groups in total. The number of aldehydes is 1.